The van der Waals surface area contributed by atoms with Gasteiger partial charge in [-0.1, -0.05) is 48.0 Å². The summed E-state index contributed by atoms with van der Waals surface area (Å²) in [6, 6.07) is 12.1. The Labute approximate surface area is 186 Å². The molecule has 0 bridgehead atoms. The largest absolute Gasteiger partial charge is 0.507 e. The Morgan fingerprint density at radius 2 is 1.75 bits per heavy atom. The number of likely N-dealkylation sites (tertiary alicyclic amines) is 1. The van der Waals surface area contributed by atoms with Crippen LogP contribution in [0.1, 0.15) is 29.2 Å². The number of rotatable bonds is 6. The minimum atomic E-state index is -0.970. The second kappa shape index (κ2) is 9.63. The van der Waals surface area contributed by atoms with E-state index in [2.05, 4.69) is 4.90 Å². The van der Waals surface area contributed by atoms with Crippen LogP contribution in [0.5, 0.6) is 0 Å². The molecule has 0 unspecified atom stereocenters. The molecular formula is C25H27FN2O4. The summed E-state index contributed by atoms with van der Waals surface area (Å²) >= 11 is 0. The van der Waals surface area contributed by atoms with Gasteiger partial charge in [0.1, 0.15) is 11.6 Å². The molecule has 4 rings (SSSR count). The number of ether oxygens (including phenoxy) is 1. The molecule has 1 N–H and O–H groups in total. The smallest absolute Gasteiger partial charge is 0.295 e. The number of benzene rings is 2. The predicted molar refractivity (Wildman–Crippen MR) is 118 cm³/mol. The van der Waals surface area contributed by atoms with Crippen molar-refractivity contribution in [1.29, 1.82) is 0 Å². The molecule has 6 nitrogen and oxygen atoms in total. The molecule has 1 atom stereocenters. The first-order valence-electron chi connectivity index (χ1n) is 10.9. The molecule has 0 saturated carbocycles. The number of ketones is 1. The fourth-order valence-electron chi connectivity index (χ4n) is 4.29. The Morgan fingerprint density at radius 1 is 1.06 bits per heavy atom. The van der Waals surface area contributed by atoms with E-state index in [0.717, 1.165) is 25.2 Å². The van der Waals surface area contributed by atoms with Gasteiger partial charge in [-0.05, 0) is 19.4 Å². The van der Waals surface area contributed by atoms with E-state index in [1.54, 1.807) is 30.3 Å². The van der Waals surface area contributed by atoms with Gasteiger partial charge in [-0.25, -0.2) is 4.39 Å². The number of hydrogen-bond acceptors (Lipinski definition) is 5. The van der Waals surface area contributed by atoms with Crippen molar-refractivity contribution >= 4 is 17.4 Å². The van der Waals surface area contributed by atoms with E-state index in [4.69, 9.17) is 4.74 Å². The molecule has 2 heterocycles. The lowest BCUT2D eigenvalue weighted by molar-refractivity contribution is -0.140. The number of halogens is 1. The summed E-state index contributed by atoms with van der Waals surface area (Å²) in [6.45, 7) is 5.94. The van der Waals surface area contributed by atoms with Crippen molar-refractivity contribution in [2.75, 3.05) is 39.4 Å². The zero-order valence-corrected chi connectivity index (χ0v) is 18.1. The van der Waals surface area contributed by atoms with Gasteiger partial charge >= 0.3 is 0 Å². The number of aliphatic hydroxyl groups is 1. The highest BCUT2D eigenvalue weighted by Gasteiger charge is 2.46. The summed E-state index contributed by atoms with van der Waals surface area (Å²) in [7, 11) is 0. The molecule has 7 heteroatoms. The molecule has 32 heavy (non-hydrogen) atoms. The molecule has 0 aliphatic carbocycles. The van der Waals surface area contributed by atoms with Gasteiger partial charge in [-0.3, -0.25) is 14.5 Å². The maximum atomic E-state index is 14.8. The monoisotopic (exact) mass is 438 g/mol. The van der Waals surface area contributed by atoms with Gasteiger partial charge in [-0.2, -0.15) is 0 Å². The third kappa shape index (κ3) is 4.45. The van der Waals surface area contributed by atoms with Crippen LogP contribution in [0.2, 0.25) is 0 Å². The number of carbonyl (C=O) groups excluding carboxylic acids is 2. The van der Waals surface area contributed by atoms with Crippen molar-refractivity contribution in [2.24, 2.45) is 0 Å². The summed E-state index contributed by atoms with van der Waals surface area (Å²) in [4.78, 5) is 29.6. The second-order valence-electron chi connectivity index (χ2n) is 8.19. The number of Topliss-reactive ketones (excluding diaryl/α,β-unsaturated/α-hetero) is 1. The normalized spacial score (nSPS) is 21.3. The van der Waals surface area contributed by atoms with Crippen molar-refractivity contribution in [3.63, 3.8) is 0 Å². The van der Waals surface area contributed by atoms with Crippen molar-refractivity contribution < 1.29 is 23.8 Å². The van der Waals surface area contributed by atoms with Crippen LogP contribution in [0.15, 0.2) is 54.1 Å². The van der Waals surface area contributed by atoms with Crippen molar-refractivity contribution in [2.45, 2.75) is 19.4 Å². The first-order chi connectivity index (χ1) is 15.5. The van der Waals surface area contributed by atoms with Crippen LogP contribution < -0.4 is 0 Å². The summed E-state index contributed by atoms with van der Waals surface area (Å²) in [6.07, 6.45) is 0.628. The van der Waals surface area contributed by atoms with Crippen molar-refractivity contribution in [1.82, 2.24) is 9.80 Å². The third-order valence-electron chi connectivity index (χ3n) is 6.04. The van der Waals surface area contributed by atoms with Gasteiger partial charge in [-0.15, -0.1) is 0 Å². The minimum absolute atomic E-state index is 0.0738. The topological polar surface area (TPSA) is 70.1 Å². The molecule has 2 aliphatic heterocycles. The summed E-state index contributed by atoms with van der Waals surface area (Å²) in [5, 5.41) is 11.0. The zero-order chi connectivity index (χ0) is 22.7. The minimum Gasteiger partial charge on any atom is -0.507 e. The van der Waals surface area contributed by atoms with E-state index < -0.39 is 23.5 Å². The zero-order valence-electron chi connectivity index (χ0n) is 18.1. The number of morpholine rings is 1. The lowest BCUT2D eigenvalue weighted by Gasteiger charge is -2.29. The van der Waals surface area contributed by atoms with E-state index in [9.17, 15) is 19.1 Å². The number of nitrogens with zero attached hydrogens (tertiary/aromatic N) is 2. The Kier molecular flexibility index (Phi) is 6.67. The molecule has 1 amide bonds. The standard InChI is InChI=1S/C25H27FN2O4/c1-17-7-9-18(10-8-17)23(29)21-22(19-5-2-3-6-20(19)26)28(25(31)24(21)30)12-4-11-27-13-15-32-16-14-27/h2-3,5-10,22,29H,4,11-16H2,1H3/t22-/m1/s1. The number of aliphatic hydroxyl groups excluding tert-OH is 1. The number of hydrogen-bond donors (Lipinski definition) is 1. The fourth-order valence-corrected chi connectivity index (χ4v) is 4.29. The van der Waals surface area contributed by atoms with Gasteiger partial charge in [0.15, 0.2) is 0 Å². The van der Waals surface area contributed by atoms with E-state index in [1.807, 2.05) is 19.1 Å². The molecule has 2 saturated heterocycles. The highest BCUT2D eigenvalue weighted by Crippen LogP contribution is 2.40. The number of aryl methyl sites for hydroxylation is 1. The summed E-state index contributed by atoms with van der Waals surface area (Å²) < 4.78 is 20.2. The first-order valence-corrected chi connectivity index (χ1v) is 10.9. The fraction of sp³-hybridized carbons (Fsp3) is 0.360. The Morgan fingerprint density at radius 3 is 2.44 bits per heavy atom. The highest BCUT2D eigenvalue weighted by atomic mass is 19.1. The van der Waals surface area contributed by atoms with E-state index >= 15 is 0 Å². The Balaban J connectivity index is 1.68. The van der Waals surface area contributed by atoms with Gasteiger partial charge in [0, 0.05) is 37.3 Å². The maximum Gasteiger partial charge on any atom is 0.295 e. The highest BCUT2D eigenvalue weighted by molar-refractivity contribution is 6.46. The second-order valence-corrected chi connectivity index (χ2v) is 8.19. The van der Waals surface area contributed by atoms with E-state index in [-0.39, 0.29) is 23.4 Å². The van der Waals surface area contributed by atoms with Crippen LogP contribution in [0.25, 0.3) is 5.76 Å². The quantitative estimate of drug-likeness (QED) is 0.426. The Hall–Kier alpha value is -3.03. The average molecular weight is 438 g/mol. The third-order valence-corrected chi connectivity index (χ3v) is 6.04. The van der Waals surface area contributed by atoms with Crippen molar-refractivity contribution in [3.05, 3.63) is 76.6 Å². The van der Waals surface area contributed by atoms with Gasteiger partial charge in [0.05, 0.1) is 24.8 Å². The van der Waals surface area contributed by atoms with Crippen LogP contribution in [0, 0.1) is 12.7 Å². The molecule has 168 valence electrons. The molecule has 0 spiro atoms. The predicted octanol–water partition coefficient (Wildman–Crippen LogP) is 3.28. The molecule has 2 fully saturated rings. The lowest BCUT2D eigenvalue weighted by Crippen LogP contribution is -2.39. The van der Waals surface area contributed by atoms with Gasteiger partial charge in [0.2, 0.25) is 0 Å². The van der Waals surface area contributed by atoms with Crippen LogP contribution in [0.3, 0.4) is 0 Å². The SMILES string of the molecule is Cc1ccc(C(O)=C2C(=O)C(=O)N(CCCN3CCOCC3)[C@@H]2c2ccccc2F)cc1. The van der Waals surface area contributed by atoms with Crippen LogP contribution in [0.4, 0.5) is 4.39 Å². The van der Waals surface area contributed by atoms with E-state index in [0.29, 0.717) is 25.2 Å². The van der Waals surface area contributed by atoms with Gasteiger partial charge in [0.25, 0.3) is 11.7 Å². The van der Waals surface area contributed by atoms with Crippen LogP contribution in [-0.4, -0.2) is 66.0 Å². The average Bonchev–Trinajstić information content (AvgIpc) is 3.05. The number of carbonyl (C=O) groups is 2. The van der Waals surface area contributed by atoms with Crippen LogP contribution in [-0.2, 0) is 14.3 Å². The van der Waals surface area contributed by atoms with E-state index in [1.165, 1.54) is 11.0 Å². The molecule has 0 radical (unpaired) electrons. The maximum absolute atomic E-state index is 14.8. The van der Waals surface area contributed by atoms with Crippen molar-refractivity contribution in [3.8, 4) is 0 Å². The molecule has 2 aromatic rings. The summed E-state index contributed by atoms with van der Waals surface area (Å²) in [5.41, 5.74) is 1.54. The summed E-state index contributed by atoms with van der Waals surface area (Å²) in [5.74, 6) is -2.31. The lowest BCUT2D eigenvalue weighted by atomic mass is 9.94. The number of amides is 1. The van der Waals surface area contributed by atoms with Crippen LogP contribution >= 0.6 is 0 Å². The molecule has 2 aliphatic rings. The first kappa shape index (κ1) is 22.2. The van der Waals surface area contributed by atoms with Gasteiger partial charge < -0.3 is 14.7 Å². The Bertz CT molecular complexity index is 1030. The molecular weight excluding hydrogens is 411 g/mol. The molecule has 0 aromatic heterocycles. The molecule has 2 aromatic carbocycles.